The van der Waals surface area contributed by atoms with Crippen LogP contribution in [-0.4, -0.2) is 41.5 Å². The van der Waals surface area contributed by atoms with Crippen molar-refractivity contribution in [1.82, 2.24) is 0 Å². The Morgan fingerprint density at radius 2 is 2.17 bits per heavy atom. The molecule has 0 saturated carbocycles. The van der Waals surface area contributed by atoms with E-state index in [2.05, 4.69) is 0 Å². The first-order valence-corrected chi connectivity index (χ1v) is 5.58. The molecule has 1 aliphatic rings. The van der Waals surface area contributed by atoms with Crippen molar-refractivity contribution in [2.75, 3.05) is 18.1 Å². The van der Waals surface area contributed by atoms with Crippen LogP contribution < -0.4 is 4.90 Å². The highest BCUT2D eigenvalue weighted by molar-refractivity contribution is 5.91. The van der Waals surface area contributed by atoms with Crippen LogP contribution in [0.2, 0.25) is 0 Å². The van der Waals surface area contributed by atoms with Gasteiger partial charge in [-0.2, -0.15) is 0 Å². The van der Waals surface area contributed by atoms with Gasteiger partial charge in [-0.15, -0.1) is 0 Å². The summed E-state index contributed by atoms with van der Waals surface area (Å²) in [5, 5.41) is 18.8. The minimum absolute atomic E-state index is 0.137. The third-order valence-electron chi connectivity index (χ3n) is 2.66. The first-order chi connectivity index (χ1) is 8.59. The van der Waals surface area contributed by atoms with Gasteiger partial charge < -0.3 is 19.7 Å². The highest BCUT2D eigenvalue weighted by atomic mass is 16.7. The van der Waals surface area contributed by atoms with Gasteiger partial charge in [0.1, 0.15) is 6.61 Å². The Kier molecular flexibility index (Phi) is 3.51. The Morgan fingerprint density at radius 1 is 1.50 bits per heavy atom. The fourth-order valence-corrected chi connectivity index (χ4v) is 1.95. The predicted octanol–water partition coefficient (Wildman–Crippen LogP) is 0.687. The van der Waals surface area contributed by atoms with Crippen LogP contribution in [0, 0.1) is 0 Å². The van der Waals surface area contributed by atoms with Crippen molar-refractivity contribution in [3.63, 3.8) is 0 Å². The highest BCUT2D eigenvalue weighted by Crippen LogP contribution is 2.32. The molecule has 1 aliphatic heterocycles. The first-order valence-electron chi connectivity index (χ1n) is 5.58. The molecule has 2 unspecified atom stereocenters. The van der Waals surface area contributed by atoms with E-state index in [0.717, 1.165) is 0 Å². The quantitative estimate of drug-likeness (QED) is 0.772. The van der Waals surface area contributed by atoms with Gasteiger partial charge in [-0.3, -0.25) is 0 Å². The molecular formula is C12H15NO5. The maximum Gasteiger partial charge on any atom is 0.417 e. The lowest BCUT2D eigenvalue weighted by Gasteiger charge is -2.34. The summed E-state index contributed by atoms with van der Waals surface area (Å²) in [4.78, 5) is 13.0. The number of cyclic esters (lactones) is 1. The second kappa shape index (κ2) is 4.93. The maximum atomic E-state index is 11.8. The summed E-state index contributed by atoms with van der Waals surface area (Å²) < 4.78 is 10.2. The van der Waals surface area contributed by atoms with E-state index in [0.29, 0.717) is 5.69 Å². The SMILES string of the molecule is CC(O)OC1(CO)COC(=O)N1c1ccccc1. The Labute approximate surface area is 104 Å². The van der Waals surface area contributed by atoms with Gasteiger partial charge in [0, 0.05) is 0 Å². The topological polar surface area (TPSA) is 79.2 Å². The molecule has 0 bridgehead atoms. The summed E-state index contributed by atoms with van der Waals surface area (Å²) in [6.07, 6.45) is -1.74. The van der Waals surface area contributed by atoms with E-state index in [-0.39, 0.29) is 6.61 Å². The Morgan fingerprint density at radius 3 is 2.72 bits per heavy atom. The van der Waals surface area contributed by atoms with Crippen LogP contribution in [0.5, 0.6) is 0 Å². The summed E-state index contributed by atoms with van der Waals surface area (Å²) in [6, 6.07) is 8.71. The Balaban J connectivity index is 2.37. The normalized spacial score (nSPS) is 25.1. The number of aliphatic hydroxyl groups excluding tert-OH is 2. The van der Waals surface area contributed by atoms with E-state index in [9.17, 15) is 15.0 Å². The number of rotatable bonds is 4. The van der Waals surface area contributed by atoms with E-state index >= 15 is 0 Å². The largest absolute Gasteiger partial charge is 0.444 e. The molecule has 2 rings (SSSR count). The number of nitrogens with zero attached hydrogens (tertiary/aromatic N) is 1. The fourth-order valence-electron chi connectivity index (χ4n) is 1.95. The number of aliphatic hydroxyl groups is 2. The molecule has 0 spiro atoms. The lowest BCUT2D eigenvalue weighted by Crippen LogP contribution is -2.54. The van der Waals surface area contributed by atoms with Gasteiger partial charge in [-0.25, -0.2) is 9.69 Å². The summed E-state index contributed by atoms with van der Waals surface area (Å²) in [7, 11) is 0. The van der Waals surface area contributed by atoms with Gasteiger partial charge in [0.15, 0.2) is 6.29 Å². The van der Waals surface area contributed by atoms with Crippen LogP contribution >= 0.6 is 0 Å². The Hall–Kier alpha value is -1.63. The summed E-state index contributed by atoms with van der Waals surface area (Å²) >= 11 is 0. The third kappa shape index (κ3) is 2.17. The van der Waals surface area contributed by atoms with E-state index in [1.54, 1.807) is 30.3 Å². The van der Waals surface area contributed by atoms with Gasteiger partial charge in [0.05, 0.1) is 12.3 Å². The molecule has 1 aromatic rings. The number of hydrogen-bond donors (Lipinski definition) is 2. The number of amides is 1. The number of ether oxygens (including phenoxy) is 2. The lowest BCUT2D eigenvalue weighted by atomic mass is 10.2. The van der Waals surface area contributed by atoms with Crippen molar-refractivity contribution in [3.05, 3.63) is 30.3 Å². The zero-order valence-electron chi connectivity index (χ0n) is 9.94. The second-order valence-corrected chi connectivity index (χ2v) is 4.05. The molecule has 6 heteroatoms. The van der Waals surface area contributed by atoms with Crippen LogP contribution in [0.25, 0.3) is 0 Å². The first kappa shape index (κ1) is 12.8. The van der Waals surface area contributed by atoms with Crippen LogP contribution in [0.4, 0.5) is 10.5 Å². The van der Waals surface area contributed by atoms with Gasteiger partial charge in [-0.1, -0.05) is 18.2 Å². The van der Waals surface area contributed by atoms with Crippen molar-refractivity contribution >= 4 is 11.8 Å². The number of carbonyl (C=O) groups excluding carboxylic acids is 1. The highest BCUT2D eigenvalue weighted by Gasteiger charge is 2.50. The lowest BCUT2D eigenvalue weighted by molar-refractivity contribution is -0.187. The maximum absolute atomic E-state index is 11.8. The average Bonchev–Trinajstić information content (AvgIpc) is 2.67. The zero-order valence-corrected chi connectivity index (χ0v) is 9.94. The molecule has 1 saturated heterocycles. The molecule has 0 aliphatic carbocycles. The van der Waals surface area contributed by atoms with Crippen molar-refractivity contribution in [3.8, 4) is 0 Å². The molecule has 1 fully saturated rings. The molecule has 2 N–H and O–H groups in total. The average molecular weight is 253 g/mol. The molecule has 2 atom stereocenters. The smallest absolute Gasteiger partial charge is 0.417 e. The van der Waals surface area contributed by atoms with Crippen molar-refractivity contribution in [2.45, 2.75) is 18.9 Å². The minimum Gasteiger partial charge on any atom is -0.444 e. The van der Waals surface area contributed by atoms with Crippen LogP contribution in [0.3, 0.4) is 0 Å². The molecule has 6 nitrogen and oxygen atoms in total. The fraction of sp³-hybridized carbons (Fsp3) is 0.417. The number of benzene rings is 1. The van der Waals surface area contributed by atoms with Gasteiger partial charge in [0.2, 0.25) is 5.72 Å². The zero-order chi connectivity index (χ0) is 13.2. The summed E-state index contributed by atoms with van der Waals surface area (Å²) in [5.74, 6) is 0. The van der Waals surface area contributed by atoms with Crippen molar-refractivity contribution in [2.24, 2.45) is 0 Å². The van der Waals surface area contributed by atoms with Crippen LogP contribution in [-0.2, 0) is 9.47 Å². The van der Waals surface area contributed by atoms with Gasteiger partial charge in [0.25, 0.3) is 0 Å². The number of para-hydroxylation sites is 1. The van der Waals surface area contributed by atoms with Gasteiger partial charge >= 0.3 is 6.09 Å². The molecule has 0 radical (unpaired) electrons. The molecule has 1 aromatic carbocycles. The second-order valence-electron chi connectivity index (χ2n) is 4.05. The van der Waals surface area contributed by atoms with Crippen molar-refractivity contribution in [1.29, 1.82) is 0 Å². The number of anilines is 1. The molecular weight excluding hydrogens is 238 g/mol. The van der Waals surface area contributed by atoms with Gasteiger partial charge in [-0.05, 0) is 19.1 Å². The van der Waals surface area contributed by atoms with Crippen LogP contribution in [0.15, 0.2) is 30.3 Å². The summed E-state index contributed by atoms with van der Waals surface area (Å²) in [6.45, 7) is 0.796. The predicted molar refractivity (Wildman–Crippen MR) is 62.9 cm³/mol. The minimum atomic E-state index is -1.38. The van der Waals surface area contributed by atoms with E-state index in [1.807, 2.05) is 0 Å². The van der Waals surface area contributed by atoms with Crippen molar-refractivity contribution < 1.29 is 24.5 Å². The summed E-state index contributed by atoms with van der Waals surface area (Å²) in [5.41, 5.74) is -0.846. The van der Waals surface area contributed by atoms with E-state index in [1.165, 1.54) is 11.8 Å². The third-order valence-corrected chi connectivity index (χ3v) is 2.66. The van der Waals surface area contributed by atoms with E-state index < -0.39 is 24.7 Å². The molecule has 1 amide bonds. The molecule has 18 heavy (non-hydrogen) atoms. The number of carbonyl (C=O) groups is 1. The molecule has 0 aromatic heterocycles. The standard InChI is InChI=1S/C12H15NO5/c1-9(15)18-12(7-14)8-17-11(16)13(12)10-5-3-2-4-6-10/h2-6,9,14-15H,7-8H2,1H3. The van der Waals surface area contributed by atoms with Crippen LogP contribution in [0.1, 0.15) is 6.92 Å². The monoisotopic (exact) mass is 253 g/mol. The molecule has 98 valence electrons. The molecule has 1 heterocycles. The van der Waals surface area contributed by atoms with E-state index in [4.69, 9.17) is 9.47 Å². The Bertz CT molecular complexity index is 422. The number of hydrogen-bond acceptors (Lipinski definition) is 5.